The molecule has 5 nitrogen and oxygen atoms in total. The smallest absolute Gasteiger partial charge is 0.355 e. The van der Waals surface area contributed by atoms with E-state index in [2.05, 4.69) is 9.97 Å². The molecule has 0 saturated carbocycles. The van der Waals surface area contributed by atoms with E-state index in [1.165, 1.54) is 7.11 Å². The molecule has 124 valence electrons. The van der Waals surface area contributed by atoms with Crippen molar-refractivity contribution >= 4 is 40.1 Å². The normalized spacial score (nSPS) is 10.8. The highest BCUT2D eigenvalue weighted by Crippen LogP contribution is 2.39. The number of benzene rings is 1. The molecule has 3 aromatic rings. The summed E-state index contributed by atoms with van der Waals surface area (Å²) < 4.78 is 10.5. The molecule has 0 fully saturated rings. The molecule has 2 heterocycles. The average Bonchev–Trinajstić information content (AvgIpc) is 2.93. The number of aromatic amines is 1. The van der Waals surface area contributed by atoms with Crippen LogP contribution in [-0.4, -0.2) is 29.7 Å². The Morgan fingerprint density at radius 1 is 1.29 bits per heavy atom. The minimum Gasteiger partial charge on any atom is -0.481 e. The molecule has 0 amide bonds. The summed E-state index contributed by atoms with van der Waals surface area (Å²) in [5.74, 6) is -0.0723. The number of aromatic nitrogens is 2. The number of methoxy groups -OCH3 is 1. The maximum atomic E-state index is 12.4. The molecule has 7 heteroatoms. The number of carbonyl (C=O) groups excluding carboxylic acids is 1. The van der Waals surface area contributed by atoms with Gasteiger partial charge in [-0.05, 0) is 31.2 Å². The van der Waals surface area contributed by atoms with E-state index in [0.717, 1.165) is 5.39 Å². The Morgan fingerprint density at radius 2 is 2.04 bits per heavy atom. The monoisotopic (exact) mass is 364 g/mol. The lowest BCUT2D eigenvalue weighted by Gasteiger charge is -2.09. The van der Waals surface area contributed by atoms with E-state index in [0.29, 0.717) is 38.3 Å². The molecule has 0 bridgehead atoms. The van der Waals surface area contributed by atoms with Crippen LogP contribution >= 0.6 is 23.2 Å². The Morgan fingerprint density at radius 3 is 2.75 bits per heavy atom. The third-order valence-corrected chi connectivity index (χ3v) is 4.28. The van der Waals surface area contributed by atoms with Crippen molar-refractivity contribution in [2.45, 2.75) is 6.92 Å². The zero-order chi connectivity index (χ0) is 17.3. The molecule has 2 aromatic heterocycles. The molecule has 0 radical (unpaired) electrons. The van der Waals surface area contributed by atoms with E-state index in [4.69, 9.17) is 32.7 Å². The number of hydrogen-bond acceptors (Lipinski definition) is 4. The van der Waals surface area contributed by atoms with Crippen LogP contribution in [0, 0.1) is 0 Å². The van der Waals surface area contributed by atoms with E-state index in [9.17, 15) is 4.79 Å². The largest absolute Gasteiger partial charge is 0.481 e. The number of fused-ring (bicyclic) bond motifs is 1. The lowest BCUT2D eigenvalue weighted by atomic mass is 10.0. The predicted molar refractivity (Wildman–Crippen MR) is 94.1 cm³/mol. The van der Waals surface area contributed by atoms with E-state index >= 15 is 0 Å². The summed E-state index contributed by atoms with van der Waals surface area (Å²) in [6, 6.07) is 6.97. The van der Waals surface area contributed by atoms with Crippen molar-refractivity contribution in [3.8, 4) is 17.0 Å². The van der Waals surface area contributed by atoms with Crippen LogP contribution in [0.15, 0.2) is 30.5 Å². The summed E-state index contributed by atoms with van der Waals surface area (Å²) in [5.41, 5.74) is 2.25. The van der Waals surface area contributed by atoms with E-state index < -0.39 is 5.97 Å². The number of H-pyrrole nitrogens is 1. The van der Waals surface area contributed by atoms with Crippen molar-refractivity contribution in [3.63, 3.8) is 0 Å². The first-order valence-electron chi connectivity index (χ1n) is 7.24. The van der Waals surface area contributed by atoms with Crippen LogP contribution in [0.2, 0.25) is 10.0 Å². The second-order valence-corrected chi connectivity index (χ2v) is 5.78. The molecule has 0 unspecified atom stereocenters. The van der Waals surface area contributed by atoms with Gasteiger partial charge in [-0.1, -0.05) is 23.2 Å². The van der Waals surface area contributed by atoms with Crippen LogP contribution < -0.4 is 4.74 Å². The third kappa shape index (κ3) is 2.81. The first-order valence-corrected chi connectivity index (χ1v) is 7.99. The standard InChI is InChI=1S/C17H14Cl2N2O3/c1-3-24-17(22)15-14(9-5-4-6-20-16(9)23-2)10-7-11(18)12(19)8-13(10)21-15/h4-8,21H,3H2,1-2H3. The third-order valence-electron chi connectivity index (χ3n) is 3.55. The number of nitrogens with zero attached hydrogens (tertiary/aromatic N) is 1. The molecule has 0 aliphatic heterocycles. The molecular weight excluding hydrogens is 351 g/mol. The van der Waals surface area contributed by atoms with Crippen LogP contribution in [-0.2, 0) is 4.74 Å². The van der Waals surface area contributed by atoms with Crippen LogP contribution in [0.3, 0.4) is 0 Å². The molecule has 0 aliphatic rings. The fraction of sp³-hybridized carbons (Fsp3) is 0.176. The molecule has 1 N–H and O–H groups in total. The second kappa shape index (κ2) is 6.71. The van der Waals surface area contributed by atoms with Crippen molar-refractivity contribution in [1.82, 2.24) is 9.97 Å². The van der Waals surface area contributed by atoms with Gasteiger partial charge >= 0.3 is 5.97 Å². The summed E-state index contributed by atoms with van der Waals surface area (Å²) >= 11 is 12.3. The molecule has 1 aromatic carbocycles. The zero-order valence-electron chi connectivity index (χ0n) is 13.0. The summed E-state index contributed by atoms with van der Waals surface area (Å²) in [7, 11) is 1.52. The predicted octanol–water partition coefficient (Wildman–Crippen LogP) is 4.72. The Labute approximate surface area is 148 Å². The van der Waals surface area contributed by atoms with Gasteiger partial charge in [-0.3, -0.25) is 0 Å². The van der Waals surface area contributed by atoms with Gasteiger partial charge in [-0.15, -0.1) is 0 Å². The first kappa shape index (κ1) is 16.6. The van der Waals surface area contributed by atoms with Gasteiger partial charge < -0.3 is 14.5 Å². The van der Waals surface area contributed by atoms with E-state index in [1.54, 1.807) is 31.3 Å². The first-order chi connectivity index (χ1) is 11.6. The fourth-order valence-electron chi connectivity index (χ4n) is 2.57. The molecular formula is C17H14Cl2N2O3. The Hall–Kier alpha value is -2.24. The van der Waals surface area contributed by atoms with Crippen LogP contribution in [0.1, 0.15) is 17.4 Å². The van der Waals surface area contributed by atoms with Gasteiger partial charge in [-0.25, -0.2) is 9.78 Å². The minimum atomic E-state index is -0.471. The maximum Gasteiger partial charge on any atom is 0.355 e. The maximum absolute atomic E-state index is 12.4. The highest BCUT2D eigenvalue weighted by molar-refractivity contribution is 6.43. The summed E-state index contributed by atoms with van der Waals surface area (Å²) in [4.78, 5) is 19.7. The number of esters is 1. The van der Waals surface area contributed by atoms with E-state index in [-0.39, 0.29) is 6.61 Å². The Kier molecular flexibility index (Phi) is 4.64. The number of ether oxygens (including phenoxy) is 2. The van der Waals surface area contributed by atoms with Gasteiger partial charge in [0.2, 0.25) is 5.88 Å². The zero-order valence-corrected chi connectivity index (χ0v) is 14.5. The number of hydrogen-bond donors (Lipinski definition) is 1. The number of rotatable bonds is 4. The summed E-state index contributed by atoms with van der Waals surface area (Å²) in [5, 5.41) is 1.52. The van der Waals surface area contributed by atoms with Gasteiger partial charge in [0, 0.05) is 28.2 Å². The molecule has 3 rings (SSSR count). The molecule has 0 saturated heterocycles. The van der Waals surface area contributed by atoms with Gasteiger partial charge in [0.05, 0.1) is 23.8 Å². The van der Waals surface area contributed by atoms with Crippen molar-refractivity contribution < 1.29 is 14.3 Å². The lowest BCUT2D eigenvalue weighted by Crippen LogP contribution is -2.06. The van der Waals surface area contributed by atoms with Gasteiger partial charge in [0.1, 0.15) is 5.69 Å². The summed E-state index contributed by atoms with van der Waals surface area (Å²) in [6.45, 7) is 2.01. The van der Waals surface area contributed by atoms with Crippen molar-refractivity contribution in [1.29, 1.82) is 0 Å². The molecule has 24 heavy (non-hydrogen) atoms. The van der Waals surface area contributed by atoms with Crippen LogP contribution in [0.5, 0.6) is 5.88 Å². The van der Waals surface area contributed by atoms with Crippen LogP contribution in [0.4, 0.5) is 0 Å². The second-order valence-electron chi connectivity index (χ2n) is 4.97. The number of nitrogens with one attached hydrogen (secondary N) is 1. The van der Waals surface area contributed by atoms with Gasteiger partial charge in [0.15, 0.2) is 0 Å². The molecule has 0 atom stereocenters. The highest BCUT2D eigenvalue weighted by atomic mass is 35.5. The topological polar surface area (TPSA) is 64.2 Å². The van der Waals surface area contributed by atoms with E-state index in [1.807, 2.05) is 6.07 Å². The highest BCUT2D eigenvalue weighted by Gasteiger charge is 2.23. The SMILES string of the molecule is CCOC(=O)c1[nH]c2cc(Cl)c(Cl)cc2c1-c1cccnc1OC. The number of pyridine rings is 1. The quantitative estimate of drug-likeness (QED) is 0.680. The Balaban J connectivity index is 2.36. The van der Waals surface area contributed by atoms with Gasteiger partial charge in [0.25, 0.3) is 0 Å². The lowest BCUT2D eigenvalue weighted by molar-refractivity contribution is 0.0521. The average molecular weight is 365 g/mol. The Bertz CT molecular complexity index is 922. The summed E-state index contributed by atoms with van der Waals surface area (Å²) in [6.07, 6.45) is 1.62. The fourth-order valence-corrected chi connectivity index (χ4v) is 2.90. The van der Waals surface area contributed by atoms with Crippen molar-refractivity contribution in [2.24, 2.45) is 0 Å². The van der Waals surface area contributed by atoms with Crippen LogP contribution in [0.25, 0.3) is 22.0 Å². The number of halogens is 2. The molecule has 0 aliphatic carbocycles. The van der Waals surface area contributed by atoms with Gasteiger partial charge in [-0.2, -0.15) is 0 Å². The number of carbonyl (C=O) groups is 1. The minimum absolute atomic E-state index is 0.263. The van der Waals surface area contributed by atoms with Crippen molar-refractivity contribution in [2.75, 3.05) is 13.7 Å². The molecule has 0 spiro atoms. The van der Waals surface area contributed by atoms with Crippen molar-refractivity contribution in [3.05, 3.63) is 46.2 Å².